The summed E-state index contributed by atoms with van der Waals surface area (Å²) >= 11 is 0. The van der Waals surface area contributed by atoms with Gasteiger partial charge in [0.1, 0.15) is 17.5 Å². The minimum atomic E-state index is -0.816. The van der Waals surface area contributed by atoms with Crippen LogP contribution in [0, 0.1) is 0 Å². The molecule has 0 aliphatic heterocycles. The molecule has 0 bridgehead atoms. The van der Waals surface area contributed by atoms with Crippen LogP contribution >= 0.6 is 0 Å². The Morgan fingerprint density at radius 2 is 1.80 bits per heavy atom. The Bertz CT molecular complexity index is 772. The van der Waals surface area contributed by atoms with Crippen LogP contribution in [0.2, 0.25) is 0 Å². The molecule has 1 atom stereocenters. The number of nitrogens with zero attached hydrogens (tertiary/aromatic N) is 1. The van der Waals surface area contributed by atoms with Crippen LogP contribution in [-0.4, -0.2) is 34.3 Å². The summed E-state index contributed by atoms with van der Waals surface area (Å²) < 4.78 is 0. The molecule has 0 fully saturated rings. The van der Waals surface area contributed by atoms with Crippen LogP contribution in [0.4, 0.5) is 0 Å². The van der Waals surface area contributed by atoms with Gasteiger partial charge < -0.3 is 15.5 Å². The molecule has 1 unspecified atom stereocenters. The molecule has 0 saturated heterocycles. The van der Waals surface area contributed by atoms with E-state index >= 15 is 0 Å². The highest BCUT2D eigenvalue weighted by Gasteiger charge is 2.19. The Morgan fingerprint density at radius 3 is 2.44 bits per heavy atom. The van der Waals surface area contributed by atoms with E-state index in [1.165, 1.54) is 31.3 Å². The Kier molecular flexibility index (Phi) is 6.11. The Balaban J connectivity index is 2.03. The smallest absolute Gasteiger partial charge is 0.262 e. The van der Waals surface area contributed by atoms with Crippen molar-refractivity contribution in [2.45, 2.75) is 19.4 Å². The van der Waals surface area contributed by atoms with Crippen molar-refractivity contribution in [3.8, 4) is 11.5 Å². The summed E-state index contributed by atoms with van der Waals surface area (Å²) in [6.45, 7) is 1.32. The van der Waals surface area contributed by atoms with Crippen molar-refractivity contribution < 1.29 is 19.8 Å². The van der Waals surface area contributed by atoms with Crippen molar-refractivity contribution in [2.24, 2.45) is 5.10 Å². The number of carbonyl (C=O) groups is 2. The molecule has 2 aromatic rings. The summed E-state index contributed by atoms with van der Waals surface area (Å²) in [5, 5.41) is 25.3. The summed E-state index contributed by atoms with van der Waals surface area (Å²) in [6.07, 6.45) is 1.57. The lowest BCUT2D eigenvalue weighted by atomic mass is 10.1. The van der Waals surface area contributed by atoms with Gasteiger partial charge in [-0.15, -0.1) is 0 Å². The molecule has 0 aliphatic carbocycles. The molecule has 0 spiro atoms. The maximum atomic E-state index is 12.3. The van der Waals surface area contributed by atoms with Crippen LogP contribution in [0.15, 0.2) is 53.6 Å². The van der Waals surface area contributed by atoms with Gasteiger partial charge >= 0.3 is 0 Å². The zero-order valence-electron chi connectivity index (χ0n) is 13.6. The molecule has 25 heavy (non-hydrogen) atoms. The number of nitrogens with one attached hydrogen (secondary N) is 2. The first kappa shape index (κ1) is 18.0. The fourth-order valence-corrected chi connectivity index (χ4v) is 2.16. The minimum Gasteiger partial charge on any atom is -0.508 e. The topological polar surface area (TPSA) is 111 Å². The van der Waals surface area contributed by atoms with Gasteiger partial charge in [0.15, 0.2) is 0 Å². The van der Waals surface area contributed by atoms with E-state index in [-0.39, 0.29) is 23.8 Å². The van der Waals surface area contributed by atoms with Gasteiger partial charge in [0, 0.05) is 18.9 Å². The Morgan fingerprint density at radius 1 is 1.12 bits per heavy atom. The van der Waals surface area contributed by atoms with Crippen LogP contribution < -0.4 is 10.7 Å². The number of aromatic hydroxyl groups is 2. The van der Waals surface area contributed by atoms with Crippen molar-refractivity contribution in [1.82, 2.24) is 10.7 Å². The monoisotopic (exact) mass is 341 g/mol. The van der Waals surface area contributed by atoms with Crippen LogP contribution in [0.25, 0.3) is 0 Å². The molecule has 2 aromatic carbocycles. The Labute approximate surface area is 145 Å². The molecule has 7 nitrogen and oxygen atoms in total. The number of para-hydroxylation sites is 1. The van der Waals surface area contributed by atoms with E-state index in [4.69, 9.17) is 0 Å². The number of benzene rings is 2. The quantitative estimate of drug-likeness (QED) is 0.469. The predicted octanol–water partition coefficient (Wildman–Crippen LogP) is 1.30. The lowest BCUT2D eigenvalue weighted by Crippen LogP contribution is -2.46. The molecule has 2 amide bonds. The number of hydrogen-bond acceptors (Lipinski definition) is 5. The zero-order chi connectivity index (χ0) is 18.2. The van der Waals surface area contributed by atoms with Crippen molar-refractivity contribution in [2.75, 3.05) is 0 Å². The van der Waals surface area contributed by atoms with Crippen molar-refractivity contribution in [1.29, 1.82) is 0 Å². The van der Waals surface area contributed by atoms with Crippen molar-refractivity contribution in [3.05, 3.63) is 59.7 Å². The first-order valence-corrected chi connectivity index (χ1v) is 7.61. The van der Waals surface area contributed by atoms with E-state index in [1.807, 2.05) is 0 Å². The van der Waals surface area contributed by atoms with E-state index in [0.29, 0.717) is 5.56 Å². The standard InChI is InChI=1S/C18H19N3O4/c1-12(22)20-16(10-13-6-8-15(23)9-7-13)18(25)21-19-11-14-4-2-3-5-17(14)24/h2-9,11,16,23-24H,10H2,1H3,(H,20,22)(H,21,25). The van der Waals surface area contributed by atoms with Crippen molar-refractivity contribution >= 4 is 18.0 Å². The molecule has 0 heterocycles. The fraction of sp³-hybridized carbons (Fsp3) is 0.167. The summed E-state index contributed by atoms with van der Waals surface area (Å²) in [5.41, 5.74) is 3.58. The van der Waals surface area contributed by atoms with Gasteiger partial charge in [-0.1, -0.05) is 24.3 Å². The minimum absolute atomic E-state index is 0.0444. The largest absolute Gasteiger partial charge is 0.508 e. The third kappa shape index (κ3) is 5.65. The molecule has 0 saturated carbocycles. The number of hydrazone groups is 1. The van der Waals surface area contributed by atoms with Crippen LogP contribution in [-0.2, 0) is 16.0 Å². The zero-order valence-corrected chi connectivity index (χ0v) is 13.6. The third-order valence-corrected chi connectivity index (χ3v) is 3.39. The summed E-state index contributed by atoms with van der Waals surface area (Å²) in [4.78, 5) is 23.6. The van der Waals surface area contributed by atoms with Crippen LogP contribution in [0.5, 0.6) is 11.5 Å². The van der Waals surface area contributed by atoms with Crippen LogP contribution in [0.3, 0.4) is 0 Å². The first-order chi connectivity index (χ1) is 12.0. The molecule has 0 aliphatic rings. The molecule has 4 N–H and O–H groups in total. The number of hydrogen-bond donors (Lipinski definition) is 4. The highest BCUT2D eigenvalue weighted by molar-refractivity contribution is 5.89. The maximum absolute atomic E-state index is 12.3. The van der Waals surface area contributed by atoms with E-state index in [9.17, 15) is 19.8 Å². The Hall–Kier alpha value is -3.35. The molecule has 2 rings (SSSR count). The SMILES string of the molecule is CC(=O)NC(Cc1ccc(O)cc1)C(=O)NN=Cc1ccccc1O. The third-order valence-electron chi connectivity index (χ3n) is 3.39. The number of phenolic OH excluding ortho intramolecular Hbond substituents is 2. The predicted molar refractivity (Wildman–Crippen MR) is 93.3 cm³/mol. The number of rotatable bonds is 6. The van der Waals surface area contributed by atoms with Gasteiger partial charge in [-0.05, 0) is 29.8 Å². The highest BCUT2D eigenvalue weighted by Crippen LogP contribution is 2.13. The lowest BCUT2D eigenvalue weighted by Gasteiger charge is -2.16. The molecular weight excluding hydrogens is 322 g/mol. The fourth-order valence-electron chi connectivity index (χ4n) is 2.16. The second-order valence-corrected chi connectivity index (χ2v) is 5.42. The van der Waals surface area contributed by atoms with E-state index in [2.05, 4.69) is 15.8 Å². The van der Waals surface area contributed by atoms with Crippen LogP contribution in [0.1, 0.15) is 18.1 Å². The highest BCUT2D eigenvalue weighted by atomic mass is 16.3. The molecular formula is C18H19N3O4. The lowest BCUT2D eigenvalue weighted by molar-refractivity contribution is -0.128. The second-order valence-electron chi connectivity index (χ2n) is 5.42. The van der Waals surface area contributed by atoms with Gasteiger partial charge in [0.2, 0.25) is 5.91 Å². The number of phenols is 2. The second kappa shape index (κ2) is 8.49. The van der Waals surface area contributed by atoms with Gasteiger partial charge in [0.25, 0.3) is 5.91 Å². The molecule has 0 radical (unpaired) electrons. The van der Waals surface area contributed by atoms with Gasteiger partial charge in [0.05, 0.1) is 6.21 Å². The molecule has 130 valence electrons. The number of amides is 2. The van der Waals surface area contributed by atoms with E-state index in [1.54, 1.807) is 30.3 Å². The van der Waals surface area contributed by atoms with Gasteiger partial charge in [-0.25, -0.2) is 5.43 Å². The summed E-state index contributed by atoms with van der Waals surface area (Å²) in [7, 11) is 0. The number of carbonyl (C=O) groups excluding carboxylic acids is 2. The van der Waals surface area contributed by atoms with E-state index < -0.39 is 11.9 Å². The average Bonchev–Trinajstić information content (AvgIpc) is 2.57. The summed E-state index contributed by atoms with van der Waals surface area (Å²) in [5.74, 6) is -0.668. The normalized spacial score (nSPS) is 11.9. The van der Waals surface area contributed by atoms with Gasteiger partial charge in [-0.2, -0.15) is 5.10 Å². The average molecular weight is 341 g/mol. The first-order valence-electron chi connectivity index (χ1n) is 7.61. The molecule has 7 heteroatoms. The van der Waals surface area contributed by atoms with E-state index in [0.717, 1.165) is 5.56 Å². The van der Waals surface area contributed by atoms with Gasteiger partial charge in [-0.3, -0.25) is 9.59 Å². The molecule has 0 aromatic heterocycles. The van der Waals surface area contributed by atoms with Crippen molar-refractivity contribution in [3.63, 3.8) is 0 Å². The summed E-state index contributed by atoms with van der Waals surface area (Å²) in [6, 6.07) is 12.1. The maximum Gasteiger partial charge on any atom is 0.262 e.